The molecule has 4 heteroatoms. The molecule has 1 aromatic rings. The first kappa shape index (κ1) is 13.8. The Hall–Kier alpha value is -0.580. The Morgan fingerprint density at radius 1 is 1.50 bits per heavy atom. The van der Waals surface area contributed by atoms with Crippen molar-refractivity contribution in [2.75, 3.05) is 13.2 Å². The second-order valence-corrected chi connectivity index (χ2v) is 6.05. The Morgan fingerprint density at radius 2 is 2.28 bits per heavy atom. The number of fused-ring (bicyclic) bond motifs is 1. The summed E-state index contributed by atoms with van der Waals surface area (Å²) in [4.78, 5) is 0. The molecule has 1 aromatic carbocycles. The van der Waals surface area contributed by atoms with Gasteiger partial charge in [-0.1, -0.05) is 29.8 Å². The van der Waals surface area contributed by atoms with Gasteiger partial charge in [-0.25, -0.2) is 0 Å². The van der Waals surface area contributed by atoms with E-state index in [0.29, 0.717) is 5.92 Å². The molecule has 0 radical (unpaired) electrons. The van der Waals surface area contributed by atoms with Crippen molar-refractivity contribution in [1.82, 2.24) is 5.32 Å². The summed E-state index contributed by atoms with van der Waals surface area (Å²) in [5.41, 5.74) is 1.25. The van der Waals surface area contributed by atoms with Crippen LogP contribution < -0.4 is 10.1 Å². The number of ether oxygens (including phenoxy) is 1. The van der Waals surface area contributed by atoms with E-state index in [0.717, 1.165) is 23.2 Å². The predicted octanol–water partition coefficient (Wildman–Crippen LogP) is 2.36. The zero-order valence-electron chi connectivity index (χ0n) is 10.8. The fourth-order valence-corrected chi connectivity index (χ4v) is 2.61. The molecule has 0 aliphatic carbocycles. The molecule has 0 fully saturated rings. The van der Waals surface area contributed by atoms with Crippen LogP contribution in [0.4, 0.5) is 0 Å². The summed E-state index contributed by atoms with van der Waals surface area (Å²) in [6.45, 7) is 5.16. The van der Waals surface area contributed by atoms with Gasteiger partial charge in [0.2, 0.25) is 0 Å². The third-order valence-corrected chi connectivity index (χ3v) is 3.87. The largest absolute Gasteiger partial charge is 0.488 e. The monoisotopic (exact) mass is 313 g/mol. The quantitative estimate of drug-likeness (QED) is 0.877. The zero-order valence-corrected chi connectivity index (χ0v) is 12.4. The first-order valence-electron chi connectivity index (χ1n) is 6.39. The standard InChI is InChI=1S/C14H20BrNO2/c1-9(2)13(8-17)16-7-12-6-10-5-11(15)3-4-14(10)18-12/h3-5,9,12-13,16-17H,6-8H2,1-2H3/t12?,13-/m1/s1. The topological polar surface area (TPSA) is 41.5 Å². The van der Waals surface area contributed by atoms with E-state index in [1.54, 1.807) is 0 Å². The number of rotatable bonds is 5. The van der Waals surface area contributed by atoms with Crippen LogP contribution in [0.25, 0.3) is 0 Å². The molecule has 1 aliphatic heterocycles. The highest BCUT2D eigenvalue weighted by Gasteiger charge is 2.24. The minimum absolute atomic E-state index is 0.143. The second-order valence-electron chi connectivity index (χ2n) is 5.14. The maximum Gasteiger partial charge on any atom is 0.123 e. The normalized spacial score (nSPS) is 19.7. The molecular weight excluding hydrogens is 294 g/mol. The van der Waals surface area contributed by atoms with Gasteiger partial charge in [0.05, 0.1) is 6.61 Å². The van der Waals surface area contributed by atoms with Crippen molar-refractivity contribution in [1.29, 1.82) is 0 Å². The maximum atomic E-state index is 9.27. The van der Waals surface area contributed by atoms with Gasteiger partial charge in [-0.15, -0.1) is 0 Å². The molecule has 2 atom stereocenters. The molecule has 100 valence electrons. The second kappa shape index (κ2) is 6.04. The first-order chi connectivity index (χ1) is 8.60. The fraction of sp³-hybridized carbons (Fsp3) is 0.571. The van der Waals surface area contributed by atoms with Crippen LogP contribution in [0.5, 0.6) is 5.75 Å². The number of hydrogen-bond donors (Lipinski definition) is 2. The van der Waals surface area contributed by atoms with Crippen LogP contribution in [-0.4, -0.2) is 30.4 Å². The molecule has 0 spiro atoms. The predicted molar refractivity (Wildman–Crippen MR) is 76.0 cm³/mol. The van der Waals surface area contributed by atoms with Gasteiger partial charge in [-0.3, -0.25) is 0 Å². The summed E-state index contributed by atoms with van der Waals surface area (Å²) < 4.78 is 6.96. The summed E-state index contributed by atoms with van der Waals surface area (Å²) in [5, 5.41) is 12.6. The van der Waals surface area contributed by atoms with Crippen LogP contribution in [0.3, 0.4) is 0 Å². The van der Waals surface area contributed by atoms with Gasteiger partial charge in [0.15, 0.2) is 0 Å². The molecule has 18 heavy (non-hydrogen) atoms. The summed E-state index contributed by atoms with van der Waals surface area (Å²) >= 11 is 3.47. The summed E-state index contributed by atoms with van der Waals surface area (Å²) in [6.07, 6.45) is 1.10. The highest BCUT2D eigenvalue weighted by Crippen LogP contribution is 2.30. The van der Waals surface area contributed by atoms with E-state index >= 15 is 0 Å². The summed E-state index contributed by atoms with van der Waals surface area (Å²) in [5.74, 6) is 1.41. The first-order valence-corrected chi connectivity index (χ1v) is 7.18. The summed E-state index contributed by atoms with van der Waals surface area (Å²) in [7, 11) is 0. The number of aliphatic hydroxyl groups excluding tert-OH is 1. The van der Waals surface area contributed by atoms with E-state index in [9.17, 15) is 5.11 Å². The van der Waals surface area contributed by atoms with Gasteiger partial charge in [-0.2, -0.15) is 0 Å². The van der Waals surface area contributed by atoms with Crippen LogP contribution in [-0.2, 0) is 6.42 Å². The van der Waals surface area contributed by atoms with Gasteiger partial charge >= 0.3 is 0 Å². The van der Waals surface area contributed by atoms with Crippen molar-refractivity contribution in [2.45, 2.75) is 32.4 Å². The van der Waals surface area contributed by atoms with Crippen molar-refractivity contribution in [3.63, 3.8) is 0 Å². The Balaban J connectivity index is 1.88. The average molecular weight is 314 g/mol. The lowest BCUT2D eigenvalue weighted by Gasteiger charge is -2.22. The van der Waals surface area contributed by atoms with E-state index in [2.05, 4.69) is 41.2 Å². The highest BCUT2D eigenvalue weighted by atomic mass is 79.9. The van der Waals surface area contributed by atoms with Gasteiger partial charge in [0.25, 0.3) is 0 Å². The number of aliphatic hydroxyl groups is 1. The van der Waals surface area contributed by atoms with Crippen molar-refractivity contribution in [3.05, 3.63) is 28.2 Å². The molecule has 0 saturated heterocycles. The van der Waals surface area contributed by atoms with Gasteiger partial charge < -0.3 is 15.2 Å². The molecule has 2 rings (SSSR count). The van der Waals surface area contributed by atoms with E-state index < -0.39 is 0 Å². The molecule has 3 nitrogen and oxygen atoms in total. The molecule has 0 saturated carbocycles. The van der Waals surface area contributed by atoms with E-state index in [4.69, 9.17) is 4.74 Å². The molecule has 0 bridgehead atoms. The van der Waals surface area contributed by atoms with Gasteiger partial charge in [0.1, 0.15) is 11.9 Å². The summed E-state index contributed by atoms with van der Waals surface area (Å²) in [6, 6.07) is 6.26. The zero-order chi connectivity index (χ0) is 13.1. The smallest absolute Gasteiger partial charge is 0.123 e. The Kier molecular flexibility index (Phi) is 4.65. The molecule has 0 aromatic heterocycles. The Morgan fingerprint density at radius 3 is 2.94 bits per heavy atom. The van der Waals surface area contributed by atoms with Crippen LogP contribution >= 0.6 is 15.9 Å². The van der Waals surface area contributed by atoms with Gasteiger partial charge in [0, 0.05) is 23.5 Å². The van der Waals surface area contributed by atoms with Crippen LogP contribution in [0.1, 0.15) is 19.4 Å². The highest BCUT2D eigenvalue weighted by molar-refractivity contribution is 9.10. The Labute approximate surface area is 117 Å². The van der Waals surface area contributed by atoms with Crippen molar-refractivity contribution >= 4 is 15.9 Å². The van der Waals surface area contributed by atoms with Crippen molar-refractivity contribution in [3.8, 4) is 5.75 Å². The van der Waals surface area contributed by atoms with E-state index in [1.165, 1.54) is 5.56 Å². The molecule has 0 amide bonds. The molecule has 1 aliphatic rings. The number of halogens is 1. The van der Waals surface area contributed by atoms with Crippen LogP contribution in [0.15, 0.2) is 22.7 Å². The minimum atomic E-state index is 0.143. The van der Waals surface area contributed by atoms with Crippen molar-refractivity contribution < 1.29 is 9.84 Å². The number of hydrogen-bond acceptors (Lipinski definition) is 3. The lowest BCUT2D eigenvalue weighted by Crippen LogP contribution is -2.42. The Bertz CT molecular complexity index is 409. The molecule has 1 unspecified atom stereocenters. The maximum absolute atomic E-state index is 9.27. The SMILES string of the molecule is CC(C)[C@@H](CO)NCC1Cc2cc(Br)ccc2O1. The lowest BCUT2D eigenvalue weighted by molar-refractivity contribution is 0.178. The minimum Gasteiger partial charge on any atom is -0.488 e. The average Bonchev–Trinajstić information content (AvgIpc) is 2.71. The van der Waals surface area contributed by atoms with Crippen LogP contribution in [0, 0.1) is 5.92 Å². The van der Waals surface area contributed by atoms with Gasteiger partial charge in [-0.05, 0) is 29.7 Å². The number of benzene rings is 1. The van der Waals surface area contributed by atoms with E-state index in [-0.39, 0.29) is 18.8 Å². The lowest BCUT2D eigenvalue weighted by atomic mass is 10.0. The molecule has 2 N–H and O–H groups in total. The third-order valence-electron chi connectivity index (χ3n) is 3.37. The van der Waals surface area contributed by atoms with E-state index in [1.807, 2.05) is 12.1 Å². The third kappa shape index (κ3) is 3.25. The number of nitrogens with one attached hydrogen (secondary N) is 1. The molecular formula is C14H20BrNO2. The van der Waals surface area contributed by atoms with Crippen LogP contribution in [0.2, 0.25) is 0 Å². The molecule has 1 heterocycles. The fourth-order valence-electron chi connectivity index (χ4n) is 2.20. The van der Waals surface area contributed by atoms with Crippen molar-refractivity contribution in [2.24, 2.45) is 5.92 Å².